The first kappa shape index (κ1) is 21.8. The Hall–Kier alpha value is -0.900. The Balaban J connectivity index is 1.54. The maximum atomic E-state index is 9.77. The molecule has 0 aromatic carbocycles. The summed E-state index contributed by atoms with van der Waals surface area (Å²) >= 11 is 1.72. The summed E-state index contributed by atoms with van der Waals surface area (Å²) in [5, 5.41) is 19.3. The second-order valence-electron chi connectivity index (χ2n) is 8.98. The highest BCUT2D eigenvalue weighted by Gasteiger charge is 2.29. The van der Waals surface area contributed by atoms with Crippen LogP contribution in [0.2, 0.25) is 0 Å². The average molecular weight is 405 g/mol. The van der Waals surface area contributed by atoms with Gasteiger partial charge < -0.3 is 10.2 Å². The van der Waals surface area contributed by atoms with Gasteiger partial charge >= 0.3 is 0 Å². The van der Waals surface area contributed by atoms with E-state index in [1.54, 1.807) is 25.2 Å². The molecule has 0 bridgehead atoms. The van der Waals surface area contributed by atoms with E-state index in [4.69, 9.17) is 0 Å². The standard InChI is InChI=1S/C23H36N2O2S/c1-23(2,27)12-10-21-8-9-22(28-21)18-24-13-14-25(20(17-24)11-15-26)16-19-6-4-3-5-7-19/h8-9,19-20,26-27H,3-7,11,13-18H2,1-2H3/t20-/m1/s1. The fraction of sp³-hybridized carbons (Fsp3) is 0.739. The van der Waals surface area contributed by atoms with E-state index >= 15 is 0 Å². The van der Waals surface area contributed by atoms with Crippen LogP contribution in [0.25, 0.3) is 0 Å². The van der Waals surface area contributed by atoms with Gasteiger partial charge in [-0.15, -0.1) is 11.3 Å². The Morgan fingerprint density at radius 3 is 2.68 bits per heavy atom. The molecule has 0 unspecified atom stereocenters. The molecule has 0 spiro atoms. The molecule has 0 amide bonds. The summed E-state index contributed by atoms with van der Waals surface area (Å²) in [6.07, 6.45) is 7.84. The largest absolute Gasteiger partial charge is 0.396 e. The van der Waals surface area contributed by atoms with Crippen LogP contribution in [-0.4, -0.2) is 64.4 Å². The molecule has 1 aromatic rings. The van der Waals surface area contributed by atoms with Gasteiger partial charge in [0.15, 0.2) is 0 Å². The maximum absolute atomic E-state index is 9.77. The highest BCUT2D eigenvalue weighted by Crippen LogP contribution is 2.27. The van der Waals surface area contributed by atoms with Crippen molar-refractivity contribution in [3.05, 3.63) is 21.9 Å². The molecule has 5 heteroatoms. The van der Waals surface area contributed by atoms with Crippen molar-refractivity contribution in [3.8, 4) is 11.8 Å². The number of hydrogen-bond donors (Lipinski definition) is 2. The SMILES string of the molecule is CC(C)(O)C#Cc1ccc(CN2CCN(CC3CCCCC3)[C@H](CCO)C2)s1. The van der Waals surface area contributed by atoms with Crippen LogP contribution >= 0.6 is 11.3 Å². The minimum absolute atomic E-state index is 0.273. The van der Waals surface area contributed by atoms with Crippen molar-refractivity contribution >= 4 is 11.3 Å². The van der Waals surface area contributed by atoms with Crippen molar-refractivity contribution < 1.29 is 10.2 Å². The molecule has 2 fully saturated rings. The van der Waals surface area contributed by atoms with E-state index < -0.39 is 5.60 Å². The molecule has 1 aliphatic heterocycles. The van der Waals surface area contributed by atoms with Gasteiger partial charge in [0.05, 0.1) is 4.88 Å². The van der Waals surface area contributed by atoms with Crippen LogP contribution in [0, 0.1) is 17.8 Å². The Labute approximate surface area is 174 Å². The second kappa shape index (κ2) is 10.2. The van der Waals surface area contributed by atoms with Gasteiger partial charge in [0, 0.05) is 50.2 Å². The van der Waals surface area contributed by atoms with E-state index in [-0.39, 0.29) is 6.61 Å². The maximum Gasteiger partial charge on any atom is 0.120 e. The highest BCUT2D eigenvalue weighted by atomic mass is 32.1. The molecule has 2 heterocycles. The van der Waals surface area contributed by atoms with E-state index in [0.717, 1.165) is 43.4 Å². The number of hydrogen-bond acceptors (Lipinski definition) is 5. The molecule has 28 heavy (non-hydrogen) atoms. The van der Waals surface area contributed by atoms with Gasteiger partial charge in [-0.3, -0.25) is 9.80 Å². The topological polar surface area (TPSA) is 46.9 Å². The Bertz CT molecular complexity index is 664. The van der Waals surface area contributed by atoms with Gasteiger partial charge in [-0.1, -0.05) is 31.1 Å². The van der Waals surface area contributed by atoms with Crippen LogP contribution in [0.1, 0.15) is 62.1 Å². The average Bonchev–Trinajstić information content (AvgIpc) is 3.10. The fourth-order valence-corrected chi connectivity index (χ4v) is 5.33. The third-order valence-electron chi connectivity index (χ3n) is 5.90. The molecular formula is C23H36N2O2S. The minimum Gasteiger partial charge on any atom is -0.396 e. The molecule has 4 nitrogen and oxygen atoms in total. The normalized spacial score (nSPS) is 22.8. The second-order valence-corrected chi connectivity index (χ2v) is 10.1. The van der Waals surface area contributed by atoms with Crippen molar-refractivity contribution in [1.29, 1.82) is 0 Å². The lowest BCUT2D eigenvalue weighted by molar-refractivity contribution is 0.0404. The number of aliphatic hydroxyl groups is 2. The summed E-state index contributed by atoms with van der Waals surface area (Å²) in [5.41, 5.74) is -0.948. The molecule has 156 valence electrons. The monoisotopic (exact) mass is 404 g/mol. The Kier molecular flexibility index (Phi) is 7.96. The molecule has 3 rings (SSSR count). The molecule has 2 aliphatic rings. The third-order valence-corrected chi connectivity index (χ3v) is 6.89. The summed E-state index contributed by atoms with van der Waals surface area (Å²) in [4.78, 5) is 7.51. The number of aliphatic hydroxyl groups excluding tert-OH is 1. The van der Waals surface area contributed by atoms with Crippen molar-refractivity contribution in [3.63, 3.8) is 0 Å². The zero-order chi connectivity index (χ0) is 20.0. The molecule has 1 aromatic heterocycles. The zero-order valence-corrected chi connectivity index (χ0v) is 18.3. The van der Waals surface area contributed by atoms with Crippen molar-refractivity contribution in [2.75, 3.05) is 32.8 Å². The van der Waals surface area contributed by atoms with Crippen molar-refractivity contribution in [1.82, 2.24) is 9.80 Å². The van der Waals surface area contributed by atoms with Gasteiger partial charge in [0.25, 0.3) is 0 Å². The smallest absolute Gasteiger partial charge is 0.120 e. The lowest BCUT2D eigenvalue weighted by Crippen LogP contribution is -2.54. The molecule has 1 saturated heterocycles. The van der Waals surface area contributed by atoms with E-state index in [1.165, 1.54) is 43.5 Å². The number of thiophene rings is 1. The Morgan fingerprint density at radius 1 is 1.18 bits per heavy atom. The molecule has 1 saturated carbocycles. The first-order valence-corrected chi connectivity index (χ1v) is 11.7. The highest BCUT2D eigenvalue weighted by molar-refractivity contribution is 7.12. The first-order chi connectivity index (χ1) is 13.4. The van der Waals surface area contributed by atoms with Gasteiger partial charge in [0.1, 0.15) is 5.60 Å². The molecule has 2 N–H and O–H groups in total. The van der Waals surface area contributed by atoms with Crippen LogP contribution in [-0.2, 0) is 6.54 Å². The van der Waals surface area contributed by atoms with E-state index in [1.807, 2.05) is 0 Å². The van der Waals surface area contributed by atoms with Crippen molar-refractivity contribution in [2.45, 2.75) is 70.6 Å². The van der Waals surface area contributed by atoms with Crippen molar-refractivity contribution in [2.24, 2.45) is 5.92 Å². The van der Waals surface area contributed by atoms with Crippen LogP contribution in [0.15, 0.2) is 12.1 Å². The third kappa shape index (κ3) is 6.86. The summed E-state index contributed by atoms with van der Waals surface area (Å²) in [6.45, 7) is 9.11. The minimum atomic E-state index is -0.948. The van der Waals surface area contributed by atoms with Crippen LogP contribution in [0.5, 0.6) is 0 Å². The summed E-state index contributed by atoms with van der Waals surface area (Å²) in [6, 6.07) is 4.69. The fourth-order valence-electron chi connectivity index (χ4n) is 4.43. The quantitative estimate of drug-likeness (QED) is 0.714. The predicted molar refractivity (Wildman–Crippen MR) is 116 cm³/mol. The number of nitrogens with zero attached hydrogens (tertiary/aromatic N) is 2. The molecule has 1 atom stereocenters. The van der Waals surface area contributed by atoms with Crippen LogP contribution in [0.4, 0.5) is 0 Å². The lowest BCUT2D eigenvalue weighted by Gasteiger charge is -2.43. The van der Waals surface area contributed by atoms with E-state index in [9.17, 15) is 10.2 Å². The lowest BCUT2D eigenvalue weighted by atomic mass is 9.88. The molecule has 1 aliphatic carbocycles. The Morgan fingerprint density at radius 2 is 1.96 bits per heavy atom. The van der Waals surface area contributed by atoms with Gasteiger partial charge in [-0.05, 0) is 51.2 Å². The van der Waals surface area contributed by atoms with E-state index in [2.05, 4.69) is 33.8 Å². The summed E-state index contributed by atoms with van der Waals surface area (Å²) in [7, 11) is 0. The van der Waals surface area contributed by atoms with Gasteiger partial charge in [-0.2, -0.15) is 0 Å². The molecule has 0 radical (unpaired) electrons. The van der Waals surface area contributed by atoms with Crippen LogP contribution < -0.4 is 0 Å². The van der Waals surface area contributed by atoms with Gasteiger partial charge in [0.2, 0.25) is 0 Å². The predicted octanol–water partition coefficient (Wildman–Crippen LogP) is 3.32. The van der Waals surface area contributed by atoms with Crippen LogP contribution in [0.3, 0.4) is 0 Å². The first-order valence-electron chi connectivity index (χ1n) is 10.8. The summed E-state index contributed by atoms with van der Waals surface area (Å²) < 4.78 is 0. The number of piperazine rings is 1. The van der Waals surface area contributed by atoms with Gasteiger partial charge in [-0.25, -0.2) is 0 Å². The molecular weight excluding hydrogens is 368 g/mol. The number of rotatable bonds is 6. The van der Waals surface area contributed by atoms with E-state index in [0.29, 0.717) is 6.04 Å². The zero-order valence-electron chi connectivity index (χ0n) is 17.5. The summed E-state index contributed by atoms with van der Waals surface area (Å²) in [5.74, 6) is 6.83.